The summed E-state index contributed by atoms with van der Waals surface area (Å²) in [6.07, 6.45) is 1.67. The third-order valence-corrected chi connectivity index (χ3v) is 5.85. The van der Waals surface area contributed by atoms with E-state index in [0.29, 0.717) is 17.2 Å². The van der Waals surface area contributed by atoms with Crippen molar-refractivity contribution in [2.75, 3.05) is 25.0 Å². The van der Waals surface area contributed by atoms with Crippen LogP contribution in [0.4, 0.5) is 10.5 Å². The van der Waals surface area contributed by atoms with E-state index in [4.69, 9.17) is 9.47 Å². The lowest BCUT2D eigenvalue weighted by atomic mass is 9.83. The largest absolute Gasteiger partial charge is 0.456 e. The summed E-state index contributed by atoms with van der Waals surface area (Å²) in [4.78, 5) is 26.5. The zero-order valence-corrected chi connectivity index (χ0v) is 19.8. The minimum atomic E-state index is -0.566. The summed E-state index contributed by atoms with van der Waals surface area (Å²) in [7, 11) is 1.66. The van der Waals surface area contributed by atoms with Crippen molar-refractivity contribution in [1.29, 1.82) is 0 Å². The number of nitrogens with zero attached hydrogens (tertiary/aromatic N) is 1. The highest BCUT2D eigenvalue weighted by Gasteiger charge is 2.35. The molecule has 1 aromatic carbocycles. The van der Waals surface area contributed by atoms with Gasteiger partial charge >= 0.3 is 12.1 Å². The Labute approximate surface area is 181 Å². The van der Waals surface area contributed by atoms with Gasteiger partial charge in [-0.3, -0.25) is 4.90 Å². The fourth-order valence-corrected chi connectivity index (χ4v) is 4.21. The highest BCUT2D eigenvalue weighted by Crippen LogP contribution is 2.30. The number of esters is 1. The molecule has 0 aromatic heterocycles. The third kappa shape index (κ3) is 6.07. The van der Waals surface area contributed by atoms with E-state index in [-0.39, 0.29) is 5.97 Å². The standard InChI is InChI=1S/C21H31IN2O4/c1-20(2,3)28-19(26)24(6)17-8-7-14(13-16(17)22)18(25)27-21(4,5)15-9-11-23-12-10-15/h7-8,13,15,23H,9-12H2,1-6H3/p+1. The first-order valence-corrected chi connectivity index (χ1v) is 10.8. The molecule has 2 N–H and O–H groups in total. The number of carbonyl (C=O) groups excluding carboxylic acids is 2. The van der Waals surface area contributed by atoms with Gasteiger partial charge in [-0.05, 0) is 75.4 Å². The highest BCUT2D eigenvalue weighted by atomic mass is 127. The van der Waals surface area contributed by atoms with Crippen LogP contribution in [0.3, 0.4) is 0 Å². The smallest absolute Gasteiger partial charge is 0.414 e. The van der Waals surface area contributed by atoms with Gasteiger partial charge in [0.1, 0.15) is 11.2 Å². The molecule has 0 radical (unpaired) electrons. The van der Waals surface area contributed by atoms with Gasteiger partial charge in [0.15, 0.2) is 0 Å². The van der Waals surface area contributed by atoms with Crippen LogP contribution in [0.2, 0.25) is 0 Å². The van der Waals surface area contributed by atoms with Crippen molar-refractivity contribution >= 4 is 40.3 Å². The van der Waals surface area contributed by atoms with Crippen LogP contribution in [-0.4, -0.2) is 43.4 Å². The molecule has 2 rings (SSSR count). The monoisotopic (exact) mass is 503 g/mol. The molecule has 0 unspecified atom stereocenters. The summed E-state index contributed by atoms with van der Waals surface area (Å²) in [5.41, 5.74) is 0.112. The summed E-state index contributed by atoms with van der Waals surface area (Å²) in [5, 5.41) is 2.30. The van der Waals surface area contributed by atoms with Crippen LogP contribution in [0.5, 0.6) is 0 Å². The lowest BCUT2D eigenvalue weighted by Gasteiger charge is -2.35. The minimum Gasteiger partial charge on any atom is -0.456 e. The highest BCUT2D eigenvalue weighted by molar-refractivity contribution is 14.1. The van der Waals surface area contributed by atoms with Crippen molar-refractivity contribution in [3.8, 4) is 0 Å². The predicted octanol–water partition coefficient (Wildman–Crippen LogP) is 3.57. The molecular formula is C21H32IN2O4+. The topological polar surface area (TPSA) is 72.5 Å². The van der Waals surface area contributed by atoms with E-state index in [1.807, 2.05) is 34.6 Å². The molecular weight excluding hydrogens is 471 g/mol. The minimum absolute atomic E-state index is 0.330. The Kier molecular flexibility index (Phi) is 7.36. The SMILES string of the molecule is CN(C(=O)OC(C)(C)C)c1ccc(C(=O)OC(C)(C)C2CC[NH2+]CC2)cc1I. The Hall–Kier alpha value is -1.35. The van der Waals surface area contributed by atoms with Gasteiger partial charge in [-0.2, -0.15) is 0 Å². The number of hydrogen-bond donors (Lipinski definition) is 1. The number of quaternary nitrogens is 1. The Morgan fingerprint density at radius 2 is 1.71 bits per heavy atom. The number of piperidine rings is 1. The molecule has 0 saturated carbocycles. The second-order valence-electron chi connectivity index (χ2n) is 8.84. The summed E-state index contributed by atoms with van der Waals surface area (Å²) >= 11 is 2.12. The van der Waals surface area contributed by atoms with Crippen molar-refractivity contribution in [1.82, 2.24) is 0 Å². The average Bonchev–Trinajstić information content (AvgIpc) is 2.60. The van der Waals surface area contributed by atoms with E-state index in [9.17, 15) is 9.59 Å². The van der Waals surface area contributed by atoms with Crippen LogP contribution in [0.15, 0.2) is 18.2 Å². The van der Waals surface area contributed by atoms with Crippen molar-refractivity contribution in [2.45, 2.75) is 58.7 Å². The number of halogens is 1. The van der Waals surface area contributed by atoms with Gasteiger partial charge in [0.2, 0.25) is 0 Å². The van der Waals surface area contributed by atoms with E-state index in [0.717, 1.165) is 29.5 Å². The first-order valence-electron chi connectivity index (χ1n) is 9.72. The number of hydrogen-bond acceptors (Lipinski definition) is 4. The molecule has 0 bridgehead atoms. The van der Waals surface area contributed by atoms with Gasteiger partial charge in [0.05, 0.1) is 24.3 Å². The van der Waals surface area contributed by atoms with Crippen LogP contribution < -0.4 is 10.2 Å². The van der Waals surface area contributed by atoms with Gasteiger partial charge < -0.3 is 14.8 Å². The number of carbonyl (C=O) groups is 2. The van der Waals surface area contributed by atoms with Gasteiger partial charge in [-0.25, -0.2) is 9.59 Å². The number of nitrogens with two attached hydrogens (primary N) is 1. The fraction of sp³-hybridized carbons (Fsp3) is 0.619. The van der Waals surface area contributed by atoms with E-state index in [1.165, 1.54) is 4.90 Å². The van der Waals surface area contributed by atoms with Crippen LogP contribution in [-0.2, 0) is 9.47 Å². The Morgan fingerprint density at radius 3 is 2.25 bits per heavy atom. The molecule has 0 atom stereocenters. The molecule has 1 heterocycles. The molecule has 6 nitrogen and oxygen atoms in total. The summed E-state index contributed by atoms with van der Waals surface area (Å²) in [5.74, 6) is 0.0436. The second-order valence-corrected chi connectivity index (χ2v) is 10.0. The molecule has 1 saturated heterocycles. The van der Waals surface area contributed by atoms with Crippen molar-refractivity contribution < 1.29 is 24.4 Å². The number of rotatable bonds is 4. The fourth-order valence-electron chi connectivity index (χ4n) is 3.34. The van der Waals surface area contributed by atoms with Gasteiger partial charge in [-0.15, -0.1) is 0 Å². The normalized spacial score (nSPS) is 15.8. The van der Waals surface area contributed by atoms with Crippen LogP contribution in [0, 0.1) is 9.49 Å². The maximum atomic E-state index is 12.7. The first-order chi connectivity index (χ1) is 12.9. The van der Waals surface area contributed by atoms with Gasteiger partial charge in [-0.1, -0.05) is 0 Å². The van der Waals surface area contributed by atoms with Crippen LogP contribution >= 0.6 is 22.6 Å². The van der Waals surface area contributed by atoms with Crippen molar-refractivity contribution in [3.63, 3.8) is 0 Å². The van der Waals surface area contributed by atoms with Gasteiger partial charge in [0.25, 0.3) is 0 Å². The van der Waals surface area contributed by atoms with Crippen molar-refractivity contribution in [2.24, 2.45) is 5.92 Å². The molecule has 156 valence electrons. The van der Waals surface area contributed by atoms with Crippen LogP contribution in [0.1, 0.15) is 57.8 Å². The molecule has 7 heteroatoms. The number of ether oxygens (including phenoxy) is 2. The Morgan fingerprint density at radius 1 is 1.11 bits per heavy atom. The van der Waals surface area contributed by atoms with E-state index < -0.39 is 17.3 Å². The maximum Gasteiger partial charge on any atom is 0.414 e. The quantitative estimate of drug-likeness (QED) is 0.504. The molecule has 1 aliphatic heterocycles. The van der Waals surface area contributed by atoms with E-state index in [1.54, 1.807) is 25.2 Å². The van der Waals surface area contributed by atoms with Gasteiger partial charge in [0, 0.05) is 29.4 Å². The number of anilines is 1. The number of benzene rings is 1. The number of amides is 1. The lowest BCUT2D eigenvalue weighted by Crippen LogP contribution is -2.86. The Bertz CT molecular complexity index is 722. The third-order valence-electron chi connectivity index (χ3n) is 4.99. The summed E-state index contributed by atoms with van der Waals surface area (Å²) in [6, 6.07) is 5.21. The molecule has 28 heavy (non-hydrogen) atoms. The molecule has 1 fully saturated rings. The Balaban J connectivity index is 2.10. The zero-order valence-electron chi connectivity index (χ0n) is 17.7. The zero-order chi connectivity index (χ0) is 21.1. The summed E-state index contributed by atoms with van der Waals surface area (Å²) < 4.78 is 12.1. The first kappa shape index (κ1) is 22.9. The molecule has 1 aliphatic rings. The molecule has 0 spiro atoms. The van der Waals surface area contributed by atoms with Crippen LogP contribution in [0.25, 0.3) is 0 Å². The molecule has 0 aliphatic carbocycles. The average molecular weight is 503 g/mol. The maximum absolute atomic E-state index is 12.7. The van der Waals surface area contributed by atoms with E-state index >= 15 is 0 Å². The molecule has 1 aromatic rings. The predicted molar refractivity (Wildman–Crippen MR) is 118 cm³/mol. The van der Waals surface area contributed by atoms with E-state index in [2.05, 4.69) is 27.9 Å². The lowest BCUT2D eigenvalue weighted by molar-refractivity contribution is -0.665. The van der Waals surface area contributed by atoms with Crippen molar-refractivity contribution in [3.05, 3.63) is 27.3 Å². The second kappa shape index (κ2) is 8.98. The molecule has 1 amide bonds. The summed E-state index contributed by atoms with van der Waals surface area (Å²) in [6.45, 7) is 11.6.